The molecular formula is C61H124O12. The van der Waals surface area contributed by atoms with E-state index in [9.17, 15) is 0 Å². The van der Waals surface area contributed by atoms with E-state index in [1.165, 1.54) is 95.5 Å². The van der Waals surface area contributed by atoms with Gasteiger partial charge in [0.2, 0.25) is 0 Å². The van der Waals surface area contributed by atoms with Crippen LogP contribution >= 0.6 is 0 Å². The highest BCUT2D eigenvalue weighted by atomic mass is 16.5. The molecule has 2 unspecified atom stereocenters. The van der Waals surface area contributed by atoms with E-state index < -0.39 is 0 Å². The zero-order chi connectivity index (χ0) is 55.8. The third-order valence-corrected chi connectivity index (χ3v) is 13.8. The topological polar surface area (TPSA) is 111 Å². The van der Waals surface area contributed by atoms with E-state index >= 15 is 0 Å². The predicted octanol–water partition coefficient (Wildman–Crippen LogP) is 13.6. The minimum absolute atomic E-state index is 0.344. The number of methoxy groups -OCH3 is 12. The summed E-state index contributed by atoms with van der Waals surface area (Å²) in [5, 5.41) is 0. The Kier molecular flexibility index (Phi) is 66.0. The highest BCUT2D eigenvalue weighted by Crippen LogP contribution is 2.30. The summed E-state index contributed by atoms with van der Waals surface area (Å²) in [4.78, 5) is 0. The summed E-state index contributed by atoms with van der Waals surface area (Å²) in [6, 6.07) is 10.3. The Morgan fingerprint density at radius 1 is 0.411 bits per heavy atom. The van der Waals surface area contributed by atoms with Crippen LogP contribution in [-0.2, 0) is 56.8 Å². The van der Waals surface area contributed by atoms with E-state index in [2.05, 4.69) is 60.6 Å². The number of hydrogen-bond donors (Lipinski definition) is 0. The molecule has 1 aromatic carbocycles. The van der Waals surface area contributed by atoms with Crippen molar-refractivity contribution >= 4 is 0 Å². The largest absolute Gasteiger partial charge is 0.384 e. The van der Waals surface area contributed by atoms with Gasteiger partial charge in [-0.25, -0.2) is 0 Å². The fourth-order valence-corrected chi connectivity index (χ4v) is 9.01. The molecule has 1 aromatic rings. The molecule has 0 bridgehead atoms. The first-order valence-corrected chi connectivity index (χ1v) is 28.3. The molecule has 1 aliphatic rings. The van der Waals surface area contributed by atoms with Gasteiger partial charge in [0.1, 0.15) is 0 Å². The number of benzene rings is 1. The molecule has 2 atom stereocenters. The van der Waals surface area contributed by atoms with Crippen molar-refractivity contribution in [1.82, 2.24) is 0 Å². The highest BCUT2D eigenvalue weighted by molar-refractivity contribution is 5.19. The summed E-state index contributed by atoms with van der Waals surface area (Å²) in [7, 11) is 21.0. The van der Waals surface area contributed by atoms with Crippen molar-refractivity contribution in [2.45, 2.75) is 144 Å². The van der Waals surface area contributed by atoms with Crippen LogP contribution < -0.4 is 0 Å². The van der Waals surface area contributed by atoms with Gasteiger partial charge in [-0.1, -0.05) is 156 Å². The van der Waals surface area contributed by atoms with E-state index in [0.29, 0.717) is 60.6 Å². The second kappa shape index (κ2) is 61.6. The summed E-state index contributed by atoms with van der Waals surface area (Å²) < 4.78 is 61.6. The van der Waals surface area contributed by atoms with E-state index in [4.69, 9.17) is 56.8 Å². The van der Waals surface area contributed by atoms with Crippen LogP contribution in [-0.4, -0.2) is 165 Å². The Labute approximate surface area is 453 Å². The quantitative estimate of drug-likeness (QED) is 0.0629. The molecule has 440 valence electrons. The average Bonchev–Trinajstić information content (AvgIpc) is 3.40. The van der Waals surface area contributed by atoms with Gasteiger partial charge >= 0.3 is 0 Å². The number of rotatable bonds is 38. The Hall–Kier alpha value is -1.26. The first-order valence-electron chi connectivity index (χ1n) is 28.3. The lowest BCUT2D eigenvalue weighted by Crippen LogP contribution is -2.26. The molecule has 0 saturated heterocycles. The van der Waals surface area contributed by atoms with E-state index in [0.717, 1.165) is 77.9 Å². The van der Waals surface area contributed by atoms with Gasteiger partial charge in [0.25, 0.3) is 0 Å². The van der Waals surface area contributed by atoms with Crippen LogP contribution in [0.25, 0.3) is 0 Å². The van der Waals surface area contributed by atoms with Gasteiger partial charge in [0.05, 0.1) is 79.3 Å². The fourth-order valence-electron chi connectivity index (χ4n) is 9.01. The molecule has 0 spiro atoms. The van der Waals surface area contributed by atoms with Crippen LogP contribution in [0.2, 0.25) is 0 Å². The van der Waals surface area contributed by atoms with Crippen molar-refractivity contribution in [3.8, 4) is 0 Å². The lowest BCUT2D eigenvalue weighted by molar-refractivity contribution is 0.0429. The maximum absolute atomic E-state index is 5.23. The van der Waals surface area contributed by atoms with Gasteiger partial charge in [-0.2, -0.15) is 0 Å². The summed E-state index contributed by atoms with van der Waals surface area (Å²) in [6.07, 6.45) is 18.4. The zero-order valence-corrected chi connectivity index (χ0v) is 51.4. The average molecular weight is 1050 g/mol. The standard InChI is InChI=1S/C13H28O2.C11H22O2.C11H16O2.2C9H20O2.C8H18O2/c1-5-7-8-12(6-2)9-13(10-14-3)11-15-4;2*1-12-8-11(9-13-2)10-6-4-3-5-7-10;1-5-8(2)9(6-10-3)7-11-4;1-4-5-6-9(7-10-2)8-11-3;1-7(2)8(5-9-3)6-10-4/h12-13H,5-11H2,1-4H3;10-11H,3-9H2,1-2H3;3-7,11H,8-9H2,1-2H3;8-9H,5-7H2,1-4H3;9H,4-8H2,1-3H3;7-8H,5-6H2,1-4H3. The predicted molar refractivity (Wildman–Crippen MR) is 307 cm³/mol. The van der Waals surface area contributed by atoms with Crippen molar-refractivity contribution < 1.29 is 56.8 Å². The molecule has 0 aromatic heterocycles. The first-order chi connectivity index (χ1) is 35.4. The molecule has 0 aliphatic heterocycles. The maximum Gasteiger partial charge on any atom is 0.0553 e. The third-order valence-electron chi connectivity index (χ3n) is 13.8. The first kappa shape index (κ1) is 78.2. The second-order valence-corrected chi connectivity index (χ2v) is 20.4. The minimum Gasteiger partial charge on any atom is -0.384 e. The van der Waals surface area contributed by atoms with Crippen molar-refractivity contribution in [1.29, 1.82) is 0 Å². The highest BCUT2D eigenvalue weighted by Gasteiger charge is 2.23. The molecule has 0 heterocycles. The smallest absolute Gasteiger partial charge is 0.0553 e. The second-order valence-electron chi connectivity index (χ2n) is 20.4. The summed E-state index contributed by atoms with van der Waals surface area (Å²) in [5.74, 6) is 6.23. The molecule has 12 nitrogen and oxygen atoms in total. The van der Waals surface area contributed by atoms with E-state index in [1.807, 2.05) is 18.2 Å². The Bertz CT molecular complexity index is 1090. The van der Waals surface area contributed by atoms with Gasteiger partial charge in [-0.05, 0) is 42.1 Å². The van der Waals surface area contributed by atoms with Gasteiger partial charge in [-0.3, -0.25) is 0 Å². The van der Waals surface area contributed by atoms with Gasteiger partial charge in [-0.15, -0.1) is 0 Å². The van der Waals surface area contributed by atoms with Gasteiger partial charge in [0.15, 0.2) is 0 Å². The van der Waals surface area contributed by atoms with Crippen LogP contribution in [0, 0.1) is 53.3 Å². The molecule has 2 rings (SSSR count). The number of unbranched alkanes of at least 4 members (excludes halogenated alkanes) is 2. The molecule has 0 amide bonds. The molecule has 0 N–H and O–H groups in total. The van der Waals surface area contributed by atoms with Gasteiger partial charge in [0, 0.05) is 121 Å². The Balaban J connectivity index is -0.000000393. The molecule has 12 heteroatoms. The lowest BCUT2D eigenvalue weighted by atomic mass is 9.80. The molecule has 1 aliphatic carbocycles. The van der Waals surface area contributed by atoms with Crippen LogP contribution in [0.3, 0.4) is 0 Å². The molecular weight excluding hydrogens is 925 g/mol. The molecule has 73 heavy (non-hydrogen) atoms. The van der Waals surface area contributed by atoms with Gasteiger partial charge < -0.3 is 56.8 Å². The van der Waals surface area contributed by atoms with Crippen LogP contribution in [0.5, 0.6) is 0 Å². The van der Waals surface area contributed by atoms with Crippen LogP contribution in [0.4, 0.5) is 0 Å². The van der Waals surface area contributed by atoms with Crippen molar-refractivity contribution in [2.75, 3.05) is 165 Å². The lowest BCUT2D eigenvalue weighted by Gasteiger charge is -2.29. The third kappa shape index (κ3) is 48.8. The normalized spacial score (nSPS) is 13.5. The Morgan fingerprint density at radius 3 is 1.15 bits per heavy atom. The number of ether oxygens (including phenoxy) is 12. The van der Waals surface area contributed by atoms with Crippen LogP contribution in [0.1, 0.15) is 150 Å². The van der Waals surface area contributed by atoms with E-state index in [1.54, 1.807) is 85.3 Å². The fraction of sp³-hybridized carbons (Fsp3) is 0.902. The van der Waals surface area contributed by atoms with E-state index in [-0.39, 0.29) is 0 Å². The van der Waals surface area contributed by atoms with Crippen molar-refractivity contribution in [3.63, 3.8) is 0 Å². The summed E-state index contributed by atoms with van der Waals surface area (Å²) in [5.41, 5.74) is 1.27. The molecule has 1 saturated carbocycles. The molecule has 1 fully saturated rings. The summed E-state index contributed by atoms with van der Waals surface area (Å²) >= 11 is 0. The van der Waals surface area contributed by atoms with Crippen molar-refractivity contribution in [3.05, 3.63) is 35.9 Å². The Morgan fingerprint density at radius 2 is 0.795 bits per heavy atom. The van der Waals surface area contributed by atoms with Crippen molar-refractivity contribution in [2.24, 2.45) is 53.3 Å². The SMILES string of the molecule is CCC(C)C(COC)COC.CCCCC(CC)CC(COC)COC.CCCCC(COC)COC.COCC(COC)C(C)C.COCC(COC)C1CCCCC1.COCC(COC)c1ccccc1. The minimum atomic E-state index is 0.344. The summed E-state index contributed by atoms with van der Waals surface area (Å²) in [6.45, 7) is 25.2. The monoisotopic (exact) mass is 1050 g/mol. The maximum atomic E-state index is 5.23. The zero-order valence-electron chi connectivity index (χ0n) is 51.4. The number of hydrogen-bond acceptors (Lipinski definition) is 12. The molecule has 0 radical (unpaired) electrons. The van der Waals surface area contributed by atoms with Crippen LogP contribution in [0.15, 0.2) is 30.3 Å².